The van der Waals surface area contributed by atoms with Crippen LogP contribution in [0.25, 0.3) is 0 Å². The van der Waals surface area contributed by atoms with Gasteiger partial charge in [-0.25, -0.2) is 0 Å². The number of hydrogen-bond acceptors (Lipinski definition) is 3. The Bertz CT molecular complexity index is 681. The molecule has 1 aromatic carbocycles. The summed E-state index contributed by atoms with van der Waals surface area (Å²) in [4.78, 5) is 14.5. The Balaban J connectivity index is 1.72. The Morgan fingerprint density at radius 1 is 1.35 bits per heavy atom. The summed E-state index contributed by atoms with van der Waals surface area (Å²) in [5.74, 6) is -0.000775. The number of nitrogens with zero attached hydrogens (tertiary/aromatic N) is 3. The SMILES string of the molecule is CC(C)n1cc(C(=O)N2CCO[C@@H](c3ccc(Cl)cc3)C2)cn1. The number of benzene rings is 1. The minimum Gasteiger partial charge on any atom is -0.370 e. The third-order valence-electron chi connectivity index (χ3n) is 3.97. The Morgan fingerprint density at radius 3 is 2.74 bits per heavy atom. The topological polar surface area (TPSA) is 47.4 Å². The van der Waals surface area contributed by atoms with Crippen molar-refractivity contribution < 1.29 is 9.53 Å². The highest BCUT2D eigenvalue weighted by Gasteiger charge is 2.26. The van der Waals surface area contributed by atoms with Crippen LogP contribution >= 0.6 is 11.6 Å². The van der Waals surface area contributed by atoms with Crippen LogP contribution in [0.3, 0.4) is 0 Å². The fourth-order valence-corrected chi connectivity index (χ4v) is 2.75. The van der Waals surface area contributed by atoms with Gasteiger partial charge in [0.1, 0.15) is 6.10 Å². The van der Waals surface area contributed by atoms with Crippen molar-refractivity contribution in [2.45, 2.75) is 26.0 Å². The Morgan fingerprint density at radius 2 is 2.09 bits per heavy atom. The fraction of sp³-hybridized carbons (Fsp3) is 0.412. The van der Waals surface area contributed by atoms with Crippen molar-refractivity contribution in [2.75, 3.05) is 19.7 Å². The summed E-state index contributed by atoms with van der Waals surface area (Å²) in [7, 11) is 0. The number of hydrogen-bond donors (Lipinski definition) is 0. The first-order valence-electron chi connectivity index (χ1n) is 7.75. The standard InChI is InChI=1S/C17H20ClN3O2/c1-12(2)21-10-14(9-19-21)17(22)20-7-8-23-16(11-20)13-3-5-15(18)6-4-13/h3-6,9-10,12,16H,7-8,11H2,1-2H3/t16-/m1/s1. The number of morpholine rings is 1. The van der Waals surface area contributed by atoms with Crippen molar-refractivity contribution in [1.82, 2.24) is 14.7 Å². The van der Waals surface area contributed by atoms with E-state index in [2.05, 4.69) is 5.10 Å². The molecule has 0 radical (unpaired) electrons. The quantitative estimate of drug-likeness (QED) is 0.865. The molecular formula is C17H20ClN3O2. The van der Waals surface area contributed by atoms with Crippen molar-refractivity contribution in [3.63, 3.8) is 0 Å². The summed E-state index contributed by atoms with van der Waals surface area (Å²) < 4.78 is 7.60. The summed E-state index contributed by atoms with van der Waals surface area (Å²) in [6.07, 6.45) is 3.32. The molecule has 23 heavy (non-hydrogen) atoms. The van der Waals surface area contributed by atoms with Gasteiger partial charge in [-0.05, 0) is 31.5 Å². The highest BCUT2D eigenvalue weighted by atomic mass is 35.5. The van der Waals surface area contributed by atoms with E-state index in [0.717, 1.165) is 5.56 Å². The number of carbonyl (C=O) groups excluding carboxylic acids is 1. The number of halogens is 1. The third-order valence-corrected chi connectivity index (χ3v) is 4.22. The lowest BCUT2D eigenvalue weighted by Crippen LogP contribution is -2.42. The van der Waals surface area contributed by atoms with Crippen LogP contribution < -0.4 is 0 Å². The molecule has 1 aliphatic rings. The van der Waals surface area contributed by atoms with Crippen molar-refractivity contribution in [3.05, 3.63) is 52.8 Å². The minimum atomic E-state index is -0.120. The summed E-state index contributed by atoms with van der Waals surface area (Å²) in [5.41, 5.74) is 1.65. The molecule has 0 N–H and O–H groups in total. The molecule has 1 fully saturated rings. The zero-order valence-corrected chi connectivity index (χ0v) is 14.0. The number of aromatic nitrogens is 2. The predicted octanol–water partition coefficient (Wildman–Crippen LogP) is 3.33. The lowest BCUT2D eigenvalue weighted by Gasteiger charge is -2.33. The van der Waals surface area contributed by atoms with Gasteiger partial charge >= 0.3 is 0 Å². The maximum absolute atomic E-state index is 12.7. The van der Waals surface area contributed by atoms with Gasteiger partial charge in [0.05, 0.1) is 24.9 Å². The van der Waals surface area contributed by atoms with Crippen molar-refractivity contribution in [2.24, 2.45) is 0 Å². The highest BCUT2D eigenvalue weighted by Crippen LogP contribution is 2.24. The van der Waals surface area contributed by atoms with E-state index in [4.69, 9.17) is 16.3 Å². The number of amides is 1. The summed E-state index contributed by atoms with van der Waals surface area (Å²) >= 11 is 5.92. The lowest BCUT2D eigenvalue weighted by molar-refractivity contribution is -0.0228. The van der Waals surface area contributed by atoms with Gasteiger partial charge in [-0.3, -0.25) is 9.48 Å². The molecule has 1 aromatic heterocycles. The summed E-state index contributed by atoms with van der Waals surface area (Å²) in [5, 5.41) is 4.93. The van der Waals surface area contributed by atoms with E-state index in [-0.39, 0.29) is 18.1 Å². The van der Waals surface area contributed by atoms with E-state index in [1.165, 1.54) is 0 Å². The molecule has 1 amide bonds. The molecule has 2 aromatic rings. The zero-order valence-electron chi connectivity index (χ0n) is 13.3. The molecule has 1 saturated heterocycles. The van der Waals surface area contributed by atoms with E-state index >= 15 is 0 Å². The molecule has 122 valence electrons. The van der Waals surface area contributed by atoms with Gasteiger partial charge in [-0.2, -0.15) is 5.10 Å². The van der Waals surface area contributed by atoms with Crippen LogP contribution in [0.2, 0.25) is 5.02 Å². The maximum Gasteiger partial charge on any atom is 0.257 e. The van der Waals surface area contributed by atoms with E-state index in [9.17, 15) is 4.79 Å². The van der Waals surface area contributed by atoms with Crippen LogP contribution in [0, 0.1) is 0 Å². The molecule has 0 saturated carbocycles. The van der Waals surface area contributed by atoms with E-state index in [0.29, 0.717) is 30.3 Å². The largest absolute Gasteiger partial charge is 0.370 e. The molecule has 0 aliphatic carbocycles. The zero-order chi connectivity index (χ0) is 16.4. The third kappa shape index (κ3) is 3.57. The molecule has 0 unspecified atom stereocenters. The highest BCUT2D eigenvalue weighted by molar-refractivity contribution is 6.30. The Hall–Kier alpha value is -1.85. The van der Waals surface area contributed by atoms with Crippen LogP contribution in [0.1, 0.15) is 41.9 Å². The minimum absolute atomic E-state index is 0.000775. The normalized spacial score (nSPS) is 18.4. The molecule has 0 spiro atoms. The summed E-state index contributed by atoms with van der Waals surface area (Å²) in [6, 6.07) is 7.81. The molecule has 2 heterocycles. The monoisotopic (exact) mass is 333 g/mol. The first kappa shape index (κ1) is 16.0. The van der Waals surface area contributed by atoms with Gasteiger partial charge in [-0.1, -0.05) is 23.7 Å². The van der Waals surface area contributed by atoms with Gasteiger partial charge in [0, 0.05) is 23.8 Å². The van der Waals surface area contributed by atoms with Gasteiger partial charge < -0.3 is 9.64 Å². The second-order valence-corrected chi connectivity index (χ2v) is 6.40. The molecule has 1 atom stereocenters. The van der Waals surface area contributed by atoms with Crippen LogP contribution in [-0.4, -0.2) is 40.3 Å². The number of rotatable bonds is 3. The van der Waals surface area contributed by atoms with Gasteiger partial charge in [-0.15, -0.1) is 0 Å². The predicted molar refractivity (Wildman–Crippen MR) is 88.7 cm³/mol. The van der Waals surface area contributed by atoms with Crippen LogP contribution in [0.4, 0.5) is 0 Å². The van der Waals surface area contributed by atoms with Crippen LogP contribution in [-0.2, 0) is 4.74 Å². The first-order chi connectivity index (χ1) is 11.0. The Labute approximate surface area is 140 Å². The smallest absolute Gasteiger partial charge is 0.257 e. The lowest BCUT2D eigenvalue weighted by atomic mass is 10.1. The van der Waals surface area contributed by atoms with E-state index < -0.39 is 0 Å². The second kappa shape index (κ2) is 6.72. The van der Waals surface area contributed by atoms with Gasteiger partial charge in [0.2, 0.25) is 0 Å². The Kier molecular flexibility index (Phi) is 4.68. The molecule has 6 heteroatoms. The van der Waals surface area contributed by atoms with Crippen molar-refractivity contribution >= 4 is 17.5 Å². The average Bonchev–Trinajstić information content (AvgIpc) is 3.05. The second-order valence-electron chi connectivity index (χ2n) is 5.96. The number of ether oxygens (including phenoxy) is 1. The van der Waals surface area contributed by atoms with Crippen molar-refractivity contribution in [3.8, 4) is 0 Å². The van der Waals surface area contributed by atoms with E-state index in [1.807, 2.05) is 43.0 Å². The van der Waals surface area contributed by atoms with Crippen LogP contribution in [0.15, 0.2) is 36.7 Å². The molecule has 1 aliphatic heterocycles. The average molecular weight is 334 g/mol. The molecule has 0 bridgehead atoms. The van der Waals surface area contributed by atoms with Crippen LogP contribution in [0.5, 0.6) is 0 Å². The first-order valence-corrected chi connectivity index (χ1v) is 8.13. The maximum atomic E-state index is 12.7. The molecular weight excluding hydrogens is 314 g/mol. The van der Waals surface area contributed by atoms with Gasteiger partial charge in [0.15, 0.2) is 0 Å². The molecule has 5 nitrogen and oxygen atoms in total. The molecule has 3 rings (SSSR count). The number of carbonyl (C=O) groups is 1. The van der Waals surface area contributed by atoms with E-state index in [1.54, 1.807) is 17.1 Å². The van der Waals surface area contributed by atoms with Gasteiger partial charge in [0.25, 0.3) is 5.91 Å². The van der Waals surface area contributed by atoms with Crippen molar-refractivity contribution in [1.29, 1.82) is 0 Å². The fourth-order valence-electron chi connectivity index (χ4n) is 2.63. The summed E-state index contributed by atoms with van der Waals surface area (Å²) in [6.45, 7) is 5.72.